The Morgan fingerprint density at radius 3 is 2.25 bits per heavy atom. The third-order valence-corrected chi connectivity index (χ3v) is 1.43. The van der Waals surface area contributed by atoms with Gasteiger partial charge in [0.05, 0.1) is 0 Å². The van der Waals surface area contributed by atoms with Gasteiger partial charge in [-0.05, 0) is 18.6 Å². The Morgan fingerprint density at radius 1 is 1.25 bits per heavy atom. The van der Waals surface area contributed by atoms with Crippen molar-refractivity contribution >= 4 is 12.6 Å². The van der Waals surface area contributed by atoms with Crippen molar-refractivity contribution in [3.05, 3.63) is 36.8 Å². The first-order valence-electron chi connectivity index (χ1n) is 2.40. The summed E-state index contributed by atoms with van der Waals surface area (Å²) in [6.45, 7) is 3.74. The predicted molar refractivity (Wildman–Crippen MR) is 38.2 cm³/mol. The second kappa shape index (κ2) is 2.23. The average molecular weight is 123 g/mol. The molecule has 0 fully saturated rings. The molecule has 0 nitrogen and oxygen atoms in total. The lowest BCUT2D eigenvalue weighted by molar-refractivity contribution is 1.40. The molecule has 0 amide bonds. The lowest BCUT2D eigenvalue weighted by Crippen LogP contribution is -1.70. The first-order chi connectivity index (χ1) is 3.80. The van der Waals surface area contributed by atoms with Gasteiger partial charge in [0.2, 0.25) is 0 Å². The van der Waals surface area contributed by atoms with E-state index in [9.17, 15) is 0 Å². The molecule has 0 spiro atoms. The van der Waals surface area contributed by atoms with Crippen LogP contribution in [0.1, 0.15) is 5.56 Å². The summed E-state index contributed by atoms with van der Waals surface area (Å²) in [6.07, 6.45) is 0. The summed E-state index contributed by atoms with van der Waals surface area (Å²) < 4.78 is 0. The van der Waals surface area contributed by atoms with Crippen molar-refractivity contribution < 1.29 is 0 Å². The molecule has 1 aromatic carbocycles. The number of rotatable bonds is 0. The van der Waals surface area contributed by atoms with Crippen LogP contribution in [0.4, 0.5) is 0 Å². The van der Waals surface area contributed by atoms with E-state index < -0.39 is 0 Å². The SMILES string of the molecule is [CH2]c1ccccc1S. The van der Waals surface area contributed by atoms with Gasteiger partial charge < -0.3 is 0 Å². The quantitative estimate of drug-likeness (QED) is 0.502. The van der Waals surface area contributed by atoms with Crippen molar-refractivity contribution in [1.29, 1.82) is 0 Å². The van der Waals surface area contributed by atoms with Crippen molar-refractivity contribution in [3.63, 3.8) is 0 Å². The van der Waals surface area contributed by atoms with Gasteiger partial charge in [0, 0.05) is 4.90 Å². The Kier molecular flexibility index (Phi) is 1.59. The summed E-state index contributed by atoms with van der Waals surface area (Å²) in [7, 11) is 0. The van der Waals surface area contributed by atoms with Crippen molar-refractivity contribution in [3.8, 4) is 0 Å². The average Bonchev–Trinajstić information content (AvgIpc) is 1.77. The van der Waals surface area contributed by atoms with E-state index in [4.69, 9.17) is 0 Å². The molecule has 0 saturated carbocycles. The van der Waals surface area contributed by atoms with Gasteiger partial charge in [0.25, 0.3) is 0 Å². The van der Waals surface area contributed by atoms with Crippen LogP contribution in [0, 0.1) is 6.92 Å². The first kappa shape index (κ1) is 5.70. The molecule has 0 aliphatic heterocycles. The van der Waals surface area contributed by atoms with Gasteiger partial charge in [-0.3, -0.25) is 0 Å². The summed E-state index contributed by atoms with van der Waals surface area (Å²) in [5, 5.41) is 0. The summed E-state index contributed by atoms with van der Waals surface area (Å²) in [6, 6.07) is 7.74. The van der Waals surface area contributed by atoms with Crippen LogP contribution in [0.5, 0.6) is 0 Å². The Hall–Kier alpha value is -0.430. The minimum Gasteiger partial charge on any atom is -0.143 e. The molecule has 0 atom stereocenters. The minimum atomic E-state index is 0.951. The number of benzene rings is 1. The van der Waals surface area contributed by atoms with Crippen LogP contribution in [0.3, 0.4) is 0 Å². The topological polar surface area (TPSA) is 0 Å². The molecule has 0 heterocycles. The number of hydrogen-bond acceptors (Lipinski definition) is 1. The predicted octanol–water partition coefficient (Wildman–Crippen LogP) is 2.16. The Bertz CT molecular complexity index is 160. The van der Waals surface area contributed by atoms with Crippen LogP contribution in [0.25, 0.3) is 0 Å². The molecule has 0 bridgehead atoms. The second-order valence-electron chi connectivity index (χ2n) is 1.63. The molecule has 0 aromatic heterocycles. The molecule has 0 aliphatic carbocycles. The highest BCUT2D eigenvalue weighted by Crippen LogP contribution is 2.09. The van der Waals surface area contributed by atoms with Crippen molar-refractivity contribution in [1.82, 2.24) is 0 Å². The van der Waals surface area contributed by atoms with Crippen molar-refractivity contribution in [2.75, 3.05) is 0 Å². The van der Waals surface area contributed by atoms with E-state index in [-0.39, 0.29) is 0 Å². The molecule has 0 N–H and O–H groups in total. The van der Waals surface area contributed by atoms with Crippen LogP contribution in [-0.2, 0) is 0 Å². The lowest BCUT2D eigenvalue weighted by atomic mass is 10.2. The standard InChI is InChI=1S/C7H7S/c1-6-4-2-3-5-7(6)8/h2-5,8H,1H2. The fourth-order valence-electron chi connectivity index (χ4n) is 0.511. The summed E-state index contributed by atoms with van der Waals surface area (Å²) in [4.78, 5) is 0.951. The molecule has 0 unspecified atom stereocenters. The van der Waals surface area contributed by atoms with Gasteiger partial charge >= 0.3 is 0 Å². The van der Waals surface area contributed by atoms with E-state index in [0.29, 0.717) is 0 Å². The Morgan fingerprint density at radius 2 is 1.88 bits per heavy atom. The lowest BCUT2D eigenvalue weighted by Gasteiger charge is -1.92. The molecular weight excluding hydrogens is 116 g/mol. The molecule has 8 heavy (non-hydrogen) atoms. The van der Waals surface area contributed by atoms with Gasteiger partial charge in [-0.25, -0.2) is 0 Å². The highest BCUT2D eigenvalue weighted by atomic mass is 32.1. The maximum absolute atomic E-state index is 4.14. The summed E-state index contributed by atoms with van der Waals surface area (Å²) in [5.41, 5.74) is 0.982. The zero-order valence-corrected chi connectivity index (χ0v) is 5.36. The molecule has 41 valence electrons. The highest BCUT2D eigenvalue weighted by Gasteiger charge is 1.85. The monoisotopic (exact) mass is 123 g/mol. The summed E-state index contributed by atoms with van der Waals surface area (Å²) in [5.74, 6) is 0. The largest absolute Gasteiger partial charge is 0.143 e. The minimum absolute atomic E-state index is 0.951. The van der Waals surface area contributed by atoms with Crippen LogP contribution in [0.2, 0.25) is 0 Å². The van der Waals surface area contributed by atoms with Crippen LogP contribution in [0.15, 0.2) is 29.2 Å². The van der Waals surface area contributed by atoms with Crippen molar-refractivity contribution in [2.24, 2.45) is 0 Å². The second-order valence-corrected chi connectivity index (χ2v) is 2.11. The molecule has 1 aromatic rings. The van der Waals surface area contributed by atoms with E-state index in [1.807, 2.05) is 24.3 Å². The normalized spacial score (nSPS) is 9.25. The van der Waals surface area contributed by atoms with Gasteiger partial charge in [-0.15, -0.1) is 12.6 Å². The molecule has 0 saturated heterocycles. The van der Waals surface area contributed by atoms with E-state index in [0.717, 1.165) is 10.5 Å². The maximum Gasteiger partial charge on any atom is 0.00721 e. The molecule has 0 aliphatic rings. The van der Waals surface area contributed by atoms with Crippen LogP contribution < -0.4 is 0 Å². The fourth-order valence-corrected chi connectivity index (χ4v) is 0.671. The third-order valence-electron chi connectivity index (χ3n) is 0.992. The molecular formula is C7H7S. The molecule has 1 heteroatoms. The van der Waals surface area contributed by atoms with Crippen LogP contribution >= 0.6 is 12.6 Å². The molecule has 1 radical (unpaired) electrons. The molecule has 1 rings (SSSR count). The maximum atomic E-state index is 4.14. The van der Waals surface area contributed by atoms with Gasteiger partial charge in [0.1, 0.15) is 0 Å². The van der Waals surface area contributed by atoms with Gasteiger partial charge in [0.15, 0.2) is 0 Å². The highest BCUT2D eigenvalue weighted by molar-refractivity contribution is 7.80. The van der Waals surface area contributed by atoms with Gasteiger partial charge in [-0.1, -0.05) is 18.2 Å². The van der Waals surface area contributed by atoms with E-state index >= 15 is 0 Å². The summed E-state index contributed by atoms with van der Waals surface area (Å²) >= 11 is 4.14. The zero-order valence-electron chi connectivity index (χ0n) is 4.46. The van der Waals surface area contributed by atoms with Gasteiger partial charge in [-0.2, -0.15) is 0 Å². The first-order valence-corrected chi connectivity index (χ1v) is 2.85. The van der Waals surface area contributed by atoms with Crippen LogP contribution in [-0.4, -0.2) is 0 Å². The van der Waals surface area contributed by atoms with Crippen molar-refractivity contribution in [2.45, 2.75) is 4.90 Å². The smallest absolute Gasteiger partial charge is 0.00721 e. The Balaban J connectivity index is 3.13. The number of hydrogen-bond donors (Lipinski definition) is 1. The number of thiol groups is 1. The zero-order chi connectivity index (χ0) is 5.98. The fraction of sp³-hybridized carbons (Fsp3) is 0. The van der Waals surface area contributed by atoms with E-state index in [1.54, 1.807) is 0 Å². The third kappa shape index (κ3) is 1.04. The Labute approximate surface area is 55.0 Å². The van der Waals surface area contributed by atoms with E-state index in [1.165, 1.54) is 0 Å². The van der Waals surface area contributed by atoms with E-state index in [2.05, 4.69) is 19.6 Å².